The highest BCUT2D eigenvalue weighted by molar-refractivity contribution is 5.50. The fourth-order valence-corrected chi connectivity index (χ4v) is 3.22. The summed E-state index contributed by atoms with van der Waals surface area (Å²) in [6, 6.07) is 28.9. The third-order valence-corrected chi connectivity index (χ3v) is 4.68. The molecule has 0 aliphatic carbocycles. The molecule has 0 spiro atoms. The summed E-state index contributed by atoms with van der Waals surface area (Å²) in [5.74, 6) is 0.861. The second-order valence-corrected chi connectivity index (χ2v) is 6.67. The van der Waals surface area contributed by atoms with E-state index in [1.165, 1.54) is 5.56 Å². The summed E-state index contributed by atoms with van der Waals surface area (Å²) < 4.78 is 7.23. The summed E-state index contributed by atoms with van der Waals surface area (Å²) in [4.78, 5) is 2.35. The van der Waals surface area contributed by atoms with Crippen molar-refractivity contribution in [1.29, 1.82) is 0 Å². The number of methoxy groups -OCH3 is 1. The zero-order valence-corrected chi connectivity index (χ0v) is 15.9. The second-order valence-electron chi connectivity index (χ2n) is 6.67. The first kappa shape index (κ1) is 17.9. The number of nitrogens with zero attached hydrogens (tertiary/aromatic N) is 3. The van der Waals surface area contributed by atoms with Crippen LogP contribution in [-0.4, -0.2) is 16.9 Å². The molecule has 0 aliphatic heterocycles. The molecule has 3 aromatic carbocycles. The van der Waals surface area contributed by atoms with Crippen LogP contribution in [0.5, 0.6) is 5.75 Å². The van der Waals surface area contributed by atoms with Gasteiger partial charge in [0.15, 0.2) is 0 Å². The Kier molecular flexibility index (Phi) is 5.38. The van der Waals surface area contributed by atoms with Crippen LogP contribution in [0.15, 0.2) is 97.3 Å². The quantitative estimate of drug-likeness (QED) is 0.455. The summed E-state index contributed by atoms with van der Waals surface area (Å²) in [6.07, 6.45) is 4.03. The van der Waals surface area contributed by atoms with E-state index in [4.69, 9.17) is 4.74 Å². The first-order valence-corrected chi connectivity index (χ1v) is 9.34. The fraction of sp³-hybridized carbons (Fsp3) is 0.125. The van der Waals surface area contributed by atoms with Gasteiger partial charge in [0.2, 0.25) is 0 Å². The van der Waals surface area contributed by atoms with Crippen molar-refractivity contribution in [1.82, 2.24) is 9.78 Å². The van der Waals surface area contributed by atoms with Gasteiger partial charge in [-0.3, -0.25) is 0 Å². The molecule has 0 aliphatic rings. The number of aromatic nitrogens is 2. The first-order valence-electron chi connectivity index (χ1n) is 9.34. The van der Waals surface area contributed by atoms with Gasteiger partial charge in [0.05, 0.1) is 19.0 Å². The Morgan fingerprint density at radius 2 is 1.43 bits per heavy atom. The highest BCUT2D eigenvalue weighted by Gasteiger charge is 2.11. The minimum atomic E-state index is 0.772. The standard InChI is InChI=1S/C24H23N3O/c1-28-24-14-12-22(13-15-24)26(17-20-8-4-2-5-9-20)18-21-16-25-27(19-21)23-10-6-3-7-11-23/h2-16,19H,17-18H2,1H3. The van der Waals surface area contributed by atoms with Gasteiger partial charge < -0.3 is 9.64 Å². The molecule has 0 N–H and O–H groups in total. The maximum absolute atomic E-state index is 5.31. The van der Waals surface area contributed by atoms with Crippen LogP contribution in [0.2, 0.25) is 0 Å². The van der Waals surface area contributed by atoms with E-state index in [2.05, 4.69) is 64.7 Å². The summed E-state index contributed by atoms with van der Waals surface area (Å²) in [5.41, 5.74) is 4.65. The first-order chi connectivity index (χ1) is 13.8. The molecule has 1 heterocycles. The Balaban J connectivity index is 1.59. The third kappa shape index (κ3) is 4.23. The smallest absolute Gasteiger partial charge is 0.119 e. The molecule has 0 radical (unpaired) electrons. The number of ether oxygens (including phenoxy) is 1. The van der Waals surface area contributed by atoms with E-state index in [0.717, 1.165) is 35.8 Å². The van der Waals surface area contributed by atoms with Crippen LogP contribution in [0, 0.1) is 0 Å². The van der Waals surface area contributed by atoms with Crippen molar-refractivity contribution < 1.29 is 4.74 Å². The zero-order chi connectivity index (χ0) is 19.2. The lowest BCUT2D eigenvalue weighted by molar-refractivity contribution is 0.415. The lowest BCUT2D eigenvalue weighted by Gasteiger charge is -2.25. The molecule has 140 valence electrons. The van der Waals surface area contributed by atoms with E-state index in [1.54, 1.807) is 7.11 Å². The van der Waals surface area contributed by atoms with Gasteiger partial charge in [0.1, 0.15) is 5.75 Å². The van der Waals surface area contributed by atoms with Crippen LogP contribution in [0.4, 0.5) is 5.69 Å². The van der Waals surface area contributed by atoms with Crippen molar-refractivity contribution in [3.05, 3.63) is 108 Å². The molecule has 0 amide bonds. The molecule has 0 bridgehead atoms. The van der Waals surface area contributed by atoms with E-state index >= 15 is 0 Å². The van der Waals surface area contributed by atoms with Crippen molar-refractivity contribution in [3.63, 3.8) is 0 Å². The van der Waals surface area contributed by atoms with Crippen LogP contribution in [-0.2, 0) is 13.1 Å². The molecule has 28 heavy (non-hydrogen) atoms. The minimum absolute atomic E-state index is 0.772. The van der Waals surface area contributed by atoms with Crippen molar-refractivity contribution in [2.75, 3.05) is 12.0 Å². The molecule has 4 nitrogen and oxygen atoms in total. The number of benzene rings is 3. The van der Waals surface area contributed by atoms with Gasteiger partial charge in [0, 0.05) is 30.5 Å². The van der Waals surface area contributed by atoms with Gasteiger partial charge >= 0.3 is 0 Å². The Morgan fingerprint density at radius 3 is 2.11 bits per heavy atom. The number of para-hydroxylation sites is 1. The van der Waals surface area contributed by atoms with Gasteiger partial charge in [0.25, 0.3) is 0 Å². The van der Waals surface area contributed by atoms with E-state index < -0.39 is 0 Å². The van der Waals surface area contributed by atoms with Gasteiger partial charge in [-0.1, -0.05) is 48.5 Å². The number of hydrogen-bond acceptors (Lipinski definition) is 3. The summed E-state index contributed by atoms with van der Waals surface area (Å²) in [6.45, 7) is 1.59. The Hall–Kier alpha value is -3.53. The highest BCUT2D eigenvalue weighted by Crippen LogP contribution is 2.23. The van der Waals surface area contributed by atoms with Crippen molar-refractivity contribution in [2.45, 2.75) is 13.1 Å². The molecule has 0 unspecified atom stereocenters. The Bertz CT molecular complexity index is 995. The average molecular weight is 369 g/mol. The van der Waals surface area contributed by atoms with E-state index in [-0.39, 0.29) is 0 Å². The van der Waals surface area contributed by atoms with Crippen molar-refractivity contribution >= 4 is 5.69 Å². The second kappa shape index (κ2) is 8.44. The topological polar surface area (TPSA) is 30.3 Å². The van der Waals surface area contributed by atoms with Gasteiger partial charge in [-0.05, 0) is 42.0 Å². The Morgan fingerprint density at radius 1 is 0.786 bits per heavy atom. The zero-order valence-electron chi connectivity index (χ0n) is 15.9. The minimum Gasteiger partial charge on any atom is -0.497 e. The van der Waals surface area contributed by atoms with Crippen molar-refractivity contribution in [3.8, 4) is 11.4 Å². The van der Waals surface area contributed by atoms with Crippen LogP contribution in [0.1, 0.15) is 11.1 Å². The van der Waals surface area contributed by atoms with Crippen LogP contribution in [0.3, 0.4) is 0 Å². The van der Waals surface area contributed by atoms with Crippen LogP contribution in [0.25, 0.3) is 5.69 Å². The predicted octanol–water partition coefficient (Wildman–Crippen LogP) is 5.09. The molecule has 1 aromatic heterocycles. The van der Waals surface area contributed by atoms with Gasteiger partial charge in [-0.2, -0.15) is 5.10 Å². The molecule has 0 saturated carbocycles. The lowest BCUT2D eigenvalue weighted by Crippen LogP contribution is -2.21. The lowest BCUT2D eigenvalue weighted by atomic mass is 10.1. The monoisotopic (exact) mass is 369 g/mol. The number of hydrogen-bond donors (Lipinski definition) is 0. The number of anilines is 1. The molecular formula is C24H23N3O. The third-order valence-electron chi connectivity index (χ3n) is 4.68. The van der Waals surface area contributed by atoms with Crippen molar-refractivity contribution in [2.24, 2.45) is 0 Å². The Labute approximate surface area is 165 Å². The molecule has 0 atom stereocenters. The average Bonchev–Trinajstić information content (AvgIpc) is 3.23. The molecule has 4 heteroatoms. The molecule has 4 aromatic rings. The number of rotatable bonds is 7. The van der Waals surface area contributed by atoms with Gasteiger partial charge in [-0.15, -0.1) is 0 Å². The molecular weight excluding hydrogens is 346 g/mol. The fourth-order valence-electron chi connectivity index (χ4n) is 3.22. The predicted molar refractivity (Wildman–Crippen MR) is 113 cm³/mol. The maximum atomic E-state index is 5.31. The summed E-state index contributed by atoms with van der Waals surface area (Å²) in [7, 11) is 1.69. The summed E-state index contributed by atoms with van der Waals surface area (Å²) in [5, 5.41) is 4.54. The highest BCUT2D eigenvalue weighted by atomic mass is 16.5. The largest absolute Gasteiger partial charge is 0.497 e. The van der Waals surface area contributed by atoms with E-state index in [1.807, 2.05) is 47.3 Å². The normalized spacial score (nSPS) is 10.6. The van der Waals surface area contributed by atoms with Crippen LogP contribution < -0.4 is 9.64 Å². The van der Waals surface area contributed by atoms with Gasteiger partial charge in [-0.25, -0.2) is 4.68 Å². The van der Waals surface area contributed by atoms with E-state index in [9.17, 15) is 0 Å². The molecule has 4 rings (SSSR count). The van der Waals surface area contributed by atoms with Crippen LogP contribution >= 0.6 is 0 Å². The SMILES string of the molecule is COc1ccc(N(Cc2ccccc2)Cc2cnn(-c3ccccc3)c2)cc1. The molecule has 0 saturated heterocycles. The van der Waals surface area contributed by atoms with E-state index in [0.29, 0.717) is 0 Å². The summed E-state index contributed by atoms with van der Waals surface area (Å²) >= 11 is 0. The molecule has 0 fully saturated rings. The maximum Gasteiger partial charge on any atom is 0.119 e.